The summed E-state index contributed by atoms with van der Waals surface area (Å²) in [7, 11) is 0. The molecule has 0 saturated carbocycles. The molecule has 0 fully saturated rings. The molecule has 0 aliphatic rings. The average molecular weight is 284 g/mol. The lowest BCUT2D eigenvalue weighted by molar-refractivity contribution is 0.264. The van der Waals surface area contributed by atoms with Crippen LogP contribution in [0.25, 0.3) is 0 Å². The number of nitrogens with one attached hydrogen (secondary N) is 1. The summed E-state index contributed by atoms with van der Waals surface area (Å²) in [6, 6.07) is 7.32. The molecule has 1 aromatic carbocycles. The molecule has 4 nitrogen and oxygen atoms in total. The van der Waals surface area contributed by atoms with E-state index in [-0.39, 0.29) is 6.04 Å². The Hall–Kier alpha value is -1.14. The van der Waals surface area contributed by atoms with Crippen LogP contribution in [0.15, 0.2) is 36.0 Å². The zero-order valence-electron chi connectivity index (χ0n) is 9.67. The minimum atomic E-state index is 0.0566. The number of nitrogens with zero attached hydrogens (tertiary/aromatic N) is 1. The Labute approximate surface area is 115 Å². The zero-order chi connectivity index (χ0) is 12.8. The van der Waals surface area contributed by atoms with Crippen LogP contribution >= 0.6 is 22.9 Å². The standard InChI is InChI=1S/C12H14ClN3OS/c13-9-1-3-11(4-2-9)17-7-10(16-14)5-12-6-15-8-18-12/h1-4,6,8,10,16H,5,7,14H2. The van der Waals surface area contributed by atoms with Gasteiger partial charge in [0.25, 0.3) is 0 Å². The highest BCUT2D eigenvalue weighted by molar-refractivity contribution is 7.09. The highest BCUT2D eigenvalue weighted by Gasteiger charge is 2.09. The molecule has 1 unspecified atom stereocenters. The second-order valence-electron chi connectivity index (χ2n) is 3.80. The fourth-order valence-corrected chi connectivity index (χ4v) is 2.28. The van der Waals surface area contributed by atoms with Crippen molar-refractivity contribution in [3.05, 3.63) is 45.9 Å². The van der Waals surface area contributed by atoms with Gasteiger partial charge in [0.15, 0.2) is 0 Å². The fourth-order valence-electron chi connectivity index (χ4n) is 1.48. The summed E-state index contributed by atoms with van der Waals surface area (Å²) in [6.07, 6.45) is 2.64. The van der Waals surface area contributed by atoms with E-state index in [9.17, 15) is 0 Å². The third-order valence-electron chi connectivity index (χ3n) is 2.43. The smallest absolute Gasteiger partial charge is 0.119 e. The van der Waals surface area contributed by atoms with Crippen molar-refractivity contribution in [2.75, 3.05) is 6.61 Å². The third-order valence-corrected chi connectivity index (χ3v) is 3.49. The van der Waals surface area contributed by atoms with E-state index in [1.807, 2.05) is 23.8 Å². The molecule has 0 saturated heterocycles. The molecule has 0 spiro atoms. The van der Waals surface area contributed by atoms with E-state index in [1.54, 1.807) is 23.5 Å². The van der Waals surface area contributed by atoms with Crippen molar-refractivity contribution in [2.24, 2.45) is 5.84 Å². The van der Waals surface area contributed by atoms with E-state index in [4.69, 9.17) is 22.2 Å². The van der Waals surface area contributed by atoms with Gasteiger partial charge in [0.05, 0.1) is 11.6 Å². The second-order valence-corrected chi connectivity index (χ2v) is 5.21. The Morgan fingerprint density at radius 1 is 1.39 bits per heavy atom. The van der Waals surface area contributed by atoms with E-state index >= 15 is 0 Å². The number of nitrogens with two attached hydrogens (primary N) is 1. The first-order chi connectivity index (χ1) is 8.78. The molecule has 18 heavy (non-hydrogen) atoms. The highest BCUT2D eigenvalue weighted by Crippen LogP contribution is 2.16. The van der Waals surface area contributed by atoms with E-state index in [1.165, 1.54) is 4.88 Å². The summed E-state index contributed by atoms with van der Waals surface area (Å²) < 4.78 is 5.65. The maximum absolute atomic E-state index is 5.80. The molecule has 1 heterocycles. The lowest BCUT2D eigenvalue weighted by Gasteiger charge is -2.15. The van der Waals surface area contributed by atoms with Crippen molar-refractivity contribution in [2.45, 2.75) is 12.5 Å². The molecule has 1 atom stereocenters. The summed E-state index contributed by atoms with van der Waals surface area (Å²) >= 11 is 7.41. The van der Waals surface area contributed by atoms with Crippen molar-refractivity contribution in [1.29, 1.82) is 0 Å². The van der Waals surface area contributed by atoms with Gasteiger partial charge in [-0.05, 0) is 24.3 Å². The van der Waals surface area contributed by atoms with Gasteiger partial charge in [-0.3, -0.25) is 16.3 Å². The Balaban J connectivity index is 1.85. The second kappa shape index (κ2) is 6.70. The van der Waals surface area contributed by atoms with Crippen molar-refractivity contribution in [1.82, 2.24) is 10.4 Å². The van der Waals surface area contributed by atoms with Crippen molar-refractivity contribution >= 4 is 22.9 Å². The van der Waals surface area contributed by atoms with Crippen LogP contribution in [0.2, 0.25) is 5.02 Å². The van der Waals surface area contributed by atoms with Crippen LogP contribution in [0, 0.1) is 0 Å². The molecule has 0 aliphatic carbocycles. The minimum absolute atomic E-state index is 0.0566. The lowest BCUT2D eigenvalue weighted by Crippen LogP contribution is -2.41. The van der Waals surface area contributed by atoms with E-state index in [2.05, 4.69) is 10.4 Å². The molecule has 2 aromatic rings. The number of hydrogen-bond donors (Lipinski definition) is 2. The predicted molar refractivity (Wildman–Crippen MR) is 73.9 cm³/mol. The first-order valence-electron chi connectivity index (χ1n) is 5.50. The Kier molecular flexibility index (Phi) is 4.95. The van der Waals surface area contributed by atoms with Gasteiger partial charge in [-0.15, -0.1) is 11.3 Å². The molecule has 0 bridgehead atoms. The number of ether oxygens (including phenoxy) is 1. The van der Waals surface area contributed by atoms with Gasteiger partial charge in [-0.2, -0.15) is 0 Å². The van der Waals surface area contributed by atoms with Gasteiger partial charge >= 0.3 is 0 Å². The zero-order valence-corrected chi connectivity index (χ0v) is 11.2. The van der Waals surface area contributed by atoms with Gasteiger partial charge < -0.3 is 4.74 Å². The highest BCUT2D eigenvalue weighted by atomic mass is 35.5. The van der Waals surface area contributed by atoms with Gasteiger partial charge in [-0.1, -0.05) is 11.6 Å². The van der Waals surface area contributed by atoms with Crippen LogP contribution < -0.4 is 16.0 Å². The van der Waals surface area contributed by atoms with E-state index < -0.39 is 0 Å². The molecular weight excluding hydrogens is 270 g/mol. The monoisotopic (exact) mass is 283 g/mol. The maximum atomic E-state index is 5.80. The summed E-state index contributed by atoms with van der Waals surface area (Å²) in [5.41, 5.74) is 4.56. The Bertz CT molecular complexity index is 461. The van der Waals surface area contributed by atoms with E-state index in [0.717, 1.165) is 12.2 Å². The molecule has 0 aliphatic heterocycles. The summed E-state index contributed by atoms with van der Waals surface area (Å²) in [6.45, 7) is 0.496. The first kappa shape index (κ1) is 13.3. The molecular formula is C12H14ClN3OS. The number of benzene rings is 1. The molecule has 6 heteroatoms. The SMILES string of the molecule is NNC(COc1ccc(Cl)cc1)Cc1cncs1. The van der Waals surface area contributed by atoms with Crippen LogP contribution in [0.4, 0.5) is 0 Å². The maximum Gasteiger partial charge on any atom is 0.119 e. The van der Waals surface area contributed by atoms with Crippen LogP contribution in [-0.2, 0) is 6.42 Å². The van der Waals surface area contributed by atoms with Gasteiger partial charge in [0, 0.05) is 22.5 Å². The molecule has 0 radical (unpaired) electrons. The number of halogens is 1. The number of hydrazine groups is 1. The van der Waals surface area contributed by atoms with Crippen LogP contribution in [0.1, 0.15) is 4.88 Å². The van der Waals surface area contributed by atoms with Gasteiger partial charge in [0.2, 0.25) is 0 Å². The molecule has 3 N–H and O–H groups in total. The number of aromatic nitrogens is 1. The first-order valence-corrected chi connectivity index (χ1v) is 6.75. The van der Waals surface area contributed by atoms with E-state index in [0.29, 0.717) is 11.6 Å². The fraction of sp³-hybridized carbons (Fsp3) is 0.250. The van der Waals surface area contributed by atoms with Crippen molar-refractivity contribution in [3.8, 4) is 5.75 Å². The summed E-state index contributed by atoms with van der Waals surface area (Å²) in [5.74, 6) is 6.29. The third kappa shape index (κ3) is 3.96. The van der Waals surface area contributed by atoms with Crippen LogP contribution in [-0.4, -0.2) is 17.6 Å². The molecule has 96 valence electrons. The summed E-state index contributed by atoms with van der Waals surface area (Å²) in [4.78, 5) is 5.21. The van der Waals surface area contributed by atoms with Crippen molar-refractivity contribution < 1.29 is 4.74 Å². The number of thiazole rings is 1. The van der Waals surface area contributed by atoms with Gasteiger partial charge in [0.1, 0.15) is 12.4 Å². The van der Waals surface area contributed by atoms with Crippen molar-refractivity contribution in [3.63, 3.8) is 0 Å². The lowest BCUT2D eigenvalue weighted by atomic mass is 10.2. The average Bonchev–Trinajstić information content (AvgIpc) is 2.89. The molecule has 2 rings (SSSR count). The molecule has 0 amide bonds. The number of hydrogen-bond acceptors (Lipinski definition) is 5. The quantitative estimate of drug-likeness (QED) is 0.631. The number of rotatable bonds is 6. The Morgan fingerprint density at radius 2 is 2.17 bits per heavy atom. The minimum Gasteiger partial charge on any atom is -0.492 e. The van der Waals surface area contributed by atoms with Crippen LogP contribution in [0.5, 0.6) is 5.75 Å². The topological polar surface area (TPSA) is 60.2 Å². The largest absolute Gasteiger partial charge is 0.492 e. The van der Waals surface area contributed by atoms with Crippen LogP contribution in [0.3, 0.4) is 0 Å². The molecule has 1 aromatic heterocycles. The normalized spacial score (nSPS) is 12.3. The Morgan fingerprint density at radius 3 is 2.78 bits per heavy atom. The summed E-state index contributed by atoms with van der Waals surface area (Å²) in [5, 5.41) is 0.695. The van der Waals surface area contributed by atoms with Gasteiger partial charge in [-0.25, -0.2) is 0 Å². The predicted octanol–water partition coefficient (Wildman–Crippen LogP) is 2.25.